The summed E-state index contributed by atoms with van der Waals surface area (Å²) in [6.07, 6.45) is 3.00. The molecule has 0 bridgehead atoms. The smallest absolute Gasteiger partial charge is 0.254 e. The van der Waals surface area contributed by atoms with Gasteiger partial charge in [-0.25, -0.2) is 9.97 Å². The highest BCUT2D eigenvalue weighted by atomic mass is 35.5. The maximum atomic E-state index is 12.4. The molecule has 0 fully saturated rings. The van der Waals surface area contributed by atoms with E-state index in [1.807, 2.05) is 62.4 Å². The number of anilines is 2. The lowest BCUT2D eigenvalue weighted by molar-refractivity contribution is 0.0939. The molecule has 0 aliphatic rings. The molecule has 1 aromatic heterocycles. The number of hydrogen-bond acceptors (Lipinski definition) is 4. The van der Waals surface area contributed by atoms with E-state index >= 15 is 0 Å². The summed E-state index contributed by atoms with van der Waals surface area (Å²) in [4.78, 5) is 20.8. The van der Waals surface area contributed by atoms with Gasteiger partial charge in [-0.2, -0.15) is 0 Å². The molecule has 26 heavy (non-hydrogen) atoms. The largest absolute Gasteiger partial charge is 0.345 e. The summed E-state index contributed by atoms with van der Waals surface area (Å²) in [6, 6.07) is 15.2. The number of nitrogens with one attached hydrogen (secondary N) is 2. The molecule has 1 atom stereocenters. The third-order valence-electron chi connectivity index (χ3n) is 4.08. The number of benzene rings is 2. The van der Waals surface area contributed by atoms with Crippen LogP contribution in [0.15, 0.2) is 60.9 Å². The first kappa shape index (κ1) is 17.9. The molecule has 1 heterocycles. The Morgan fingerprint density at radius 3 is 2.42 bits per heavy atom. The fraction of sp³-hybridized carbons (Fsp3) is 0.150. The van der Waals surface area contributed by atoms with Crippen LogP contribution in [0.25, 0.3) is 0 Å². The second-order valence-corrected chi connectivity index (χ2v) is 6.35. The van der Waals surface area contributed by atoms with Gasteiger partial charge in [0.05, 0.1) is 11.6 Å². The number of rotatable bonds is 5. The Labute approximate surface area is 157 Å². The van der Waals surface area contributed by atoms with Gasteiger partial charge in [0.15, 0.2) is 0 Å². The van der Waals surface area contributed by atoms with Crippen LogP contribution >= 0.6 is 11.6 Å². The van der Waals surface area contributed by atoms with Crippen molar-refractivity contribution in [2.24, 2.45) is 0 Å². The van der Waals surface area contributed by atoms with Crippen molar-refractivity contribution >= 4 is 29.1 Å². The van der Waals surface area contributed by atoms with Crippen molar-refractivity contribution in [3.05, 3.63) is 82.6 Å². The molecule has 0 spiro atoms. The lowest BCUT2D eigenvalue weighted by Crippen LogP contribution is -2.26. The van der Waals surface area contributed by atoms with Crippen molar-refractivity contribution in [3.8, 4) is 0 Å². The average molecular weight is 367 g/mol. The molecule has 2 N–H and O–H groups in total. The van der Waals surface area contributed by atoms with Gasteiger partial charge in [-0.05, 0) is 37.1 Å². The molecule has 3 aromatic rings. The van der Waals surface area contributed by atoms with Gasteiger partial charge in [-0.3, -0.25) is 4.79 Å². The number of hydrogen-bond donors (Lipinski definition) is 2. The number of carbonyl (C=O) groups excluding carboxylic acids is 1. The minimum absolute atomic E-state index is 0.101. The fourth-order valence-corrected chi connectivity index (χ4v) is 2.65. The summed E-state index contributed by atoms with van der Waals surface area (Å²) in [5.74, 6) is 0.190. The Morgan fingerprint density at radius 1 is 1.04 bits per heavy atom. The van der Waals surface area contributed by atoms with E-state index in [1.54, 1.807) is 0 Å². The quantitative estimate of drug-likeness (QED) is 0.688. The summed E-state index contributed by atoms with van der Waals surface area (Å²) in [7, 11) is 0. The molecule has 132 valence electrons. The second-order valence-electron chi connectivity index (χ2n) is 5.94. The van der Waals surface area contributed by atoms with Crippen LogP contribution in [0, 0.1) is 6.92 Å². The van der Waals surface area contributed by atoms with Crippen molar-refractivity contribution in [2.75, 3.05) is 5.32 Å². The van der Waals surface area contributed by atoms with Crippen LogP contribution in [0.1, 0.15) is 34.5 Å². The highest BCUT2D eigenvalue weighted by molar-refractivity contribution is 6.31. The van der Waals surface area contributed by atoms with Gasteiger partial charge < -0.3 is 10.6 Å². The van der Waals surface area contributed by atoms with Crippen molar-refractivity contribution < 1.29 is 4.79 Å². The predicted molar refractivity (Wildman–Crippen MR) is 104 cm³/mol. The van der Waals surface area contributed by atoms with Gasteiger partial charge in [-0.15, -0.1) is 0 Å². The first-order chi connectivity index (χ1) is 12.5. The van der Waals surface area contributed by atoms with Gasteiger partial charge in [0.2, 0.25) is 5.95 Å². The maximum absolute atomic E-state index is 12.4. The van der Waals surface area contributed by atoms with Crippen molar-refractivity contribution in [1.82, 2.24) is 15.3 Å². The maximum Gasteiger partial charge on any atom is 0.254 e. The first-order valence-corrected chi connectivity index (χ1v) is 8.62. The number of aromatic nitrogens is 2. The third kappa shape index (κ3) is 4.18. The van der Waals surface area contributed by atoms with E-state index in [1.165, 1.54) is 12.4 Å². The molecule has 1 amide bonds. The molecule has 0 aliphatic heterocycles. The predicted octanol–water partition coefficient (Wildman–Crippen LogP) is 4.67. The SMILES string of the molecule is Cc1c(Cl)cccc1Nc1ncc(C(=O)NC(C)c2ccccc2)cn1. The third-order valence-corrected chi connectivity index (χ3v) is 4.48. The molecule has 0 radical (unpaired) electrons. The van der Waals surface area contributed by atoms with Crippen LogP contribution in [0.5, 0.6) is 0 Å². The molecule has 2 aromatic carbocycles. The molecular formula is C20H19ClN4O. The summed E-state index contributed by atoms with van der Waals surface area (Å²) in [5.41, 5.74) is 3.18. The molecule has 0 saturated carbocycles. The lowest BCUT2D eigenvalue weighted by Gasteiger charge is -2.14. The fourth-order valence-electron chi connectivity index (χ4n) is 2.48. The molecule has 0 aliphatic carbocycles. The van der Waals surface area contributed by atoms with Crippen LogP contribution in [0.3, 0.4) is 0 Å². The zero-order valence-electron chi connectivity index (χ0n) is 14.5. The van der Waals surface area contributed by atoms with Gasteiger partial charge in [0.25, 0.3) is 5.91 Å². The highest BCUT2D eigenvalue weighted by Gasteiger charge is 2.12. The van der Waals surface area contributed by atoms with E-state index < -0.39 is 0 Å². The first-order valence-electron chi connectivity index (χ1n) is 8.24. The molecule has 5 nitrogen and oxygen atoms in total. The lowest BCUT2D eigenvalue weighted by atomic mass is 10.1. The standard InChI is InChI=1S/C20H19ClN4O/c1-13-17(21)9-6-10-18(13)25-20-22-11-16(12-23-20)19(26)24-14(2)15-7-4-3-5-8-15/h3-12,14H,1-2H3,(H,24,26)(H,22,23,25). The van der Waals surface area contributed by atoms with Crippen LogP contribution in [-0.2, 0) is 0 Å². The number of halogens is 1. The Morgan fingerprint density at radius 2 is 1.73 bits per heavy atom. The normalized spacial score (nSPS) is 11.7. The minimum Gasteiger partial charge on any atom is -0.345 e. The summed E-state index contributed by atoms with van der Waals surface area (Å²) in [6.45, 7) is 3.85. The summed E-state index contributed by atoms with van der Waals surface area (Å²) >= 11 is 6.11. The Kier molecular flexibility index (Phi) is 5.49. The van der Waals surface area contributed by atoms with Crippen LogP contribution in [0.4, 0.5) is 11.6 Å². The zero-order valence-corrected chi connectivity index (χ0v) is 15.3. The van der Waals surface area contributed by atoms with E-state index in [-0.39, 0.29) is 11.9 Å². The van der Waals surface area contributed by atoms with Crippen LogP contribution in [-0.4, -0.2) is 15.9 Å². The minimum atomic E-state index is -0.216. The van der Waals surface area contributed by atoms with Gasteiger partial charge in [0, 0.05) is 23.1 Å². The van der Waals surface area contributed by atoms with Gasteiger partial charge in [0.1, 0.15) is 0 Å². The van der Waals surface area contributed by atoms with E-state index in [0.717, 1.165) is 16.8 Å². The van der Waals surface area contributed by atoms with E-state index in [4.69, 9.17) is 11.6 Å². The monoisotopic (exact) mass is 366 g/mol. The van der Waals surface area contributed by atoms with Crippen LogP contribution in [0.2, 0.25) is 5.02 Å². The van der Waals surface area contributed by atoms with Gasteiger partial charge >= 0.3 is 0 Å². The molecular weight excluding hydrogens is 348 g/mol. The number of carbonyl (C=O) groups is 1. The Balaban J connectivity index is 1.67. The second kappa shape index (κ2) is 7.97. The zero-order chi connectivity index (χ0) is 18.5. The molecule has 1 unspecified atom stereocenters. The summed E-state index contributed by atoms with van der Waals surface area (Å²) < 4.78 is 0. The Bertz CT molecular complexity index is 897. The van der Waals surface area contributed by atoms with E-state index in [0.29, 0.717) is 16.5 Å². The van der Waals surface area contributed by atoms with Gasteiger partial charge in [-0.1, -0.05) is 48.0 Å². The van der Waals surface area contributed by atoms with Crippen molar-refractivity contribution in [1.29, 1.82) is 0 Å². The Hall–Kier alpha value is -2.92. The molecule has 6 heteroatoms. The van der Waals surface area contributed by atoms with E-state index in [9.17, 15) is 4.79 Å². The van der Waals surface area contributed by atoms with Crippen molar-refractivity contribution in [2.45, 2.75) is 19.9 Å². The van der Waals surface area contributed by atoms with Crippen LogP contribution < -0.4 is 10.6 Å². The highest BCUT2D eigenvalue weighted by Crippen LogP contribution is 2.24. The van der Waals surface area contributed by atoms with E-state index in [2.05, 4.69) is 20.6 Å². The average Bonchev–Trinajstić information content (AvgIpc) is 2.66. The number of amides is 1. The topological polar surface area (TPSA) is 66.9 Å². The molecule has 3 rings (SSSR count). The van der Waals surface area contributed by atoms with Crippen molar-refractivity contribution in [3.63, 3.8) is 0 Å². The summed E-state index contributed by atoms with van der Waals surface area (Å²) in [5, 5.41) is 6.72. The number of nitrogens with zero attached hydrogens (tertiary/aromatic N) is 2. The molecule has 0 saturated heterocycles.